The Kier molecular flexibility index (Phi) is 4.72. The molecule has 6 N–H and O–H groups in total. The lowest BCUT2D eigenvalue weighted by Crippen LogP contribution is -2.29. The molecule has 3 aromatic carbocycles. The number of benzene rings is 3. The van der Waals surface area contributed by atoms with Gasteiger partial charge in [-0.25, -0.2) is 0 Å². The summed E-state index contributed by atoms with van der Waals surface area (Å²) in [4.78, 5) is 0. The summed E-state index contributed by atoms with van der Waals surface area (Å²) < 4.78 is 0. The highest BCUT2D eigenvalue weighted by atomic mass is 35.5. The third-order valence-corrected chi connectivity index (χ3v) is 8.46. The molecular formula is C20H8Cl6O6. The summed E-state index contributed by atoms with van der Waals surface area (Å²) >= 11 is 36.6. The molecule has 6 rings (SSSR count). The molecule has 2 bridgehead atoms. The molecule has 6 nitrogen and oxygen atoms in total. The molecule has 0 aromatic heterocycles. The summed E-state index contributed by atoms with van der Waals surface area (Å²) in [6.07, 6.45) is 0. The predicted octanol–water partition coefficient (Wildman–Crippen LogP) is 6.83. The van der Waals surface area contributed by atoms with Gasteiger partial charge in [0.15, 0.2) is 0 Å². The summed E-state index contributed by atoms with van der Waals surface area (Å²) in [6, 6.07) is 0. The smallest absolute Gasteiger partial charge is 0.140 e. The Labute approximate surface area is 209 Å². The zero-order valence-corrected chi connectivity index (χ0v) is 19.6. The molecule has 0 aliphatic heterocycles. The molecule has 0 spiro atoms. The summed E-state index contributed by atoms with van der Waals surface area (Å²) in [7, 11) is 0. The third-order valence-electron chi connectivity index (χ3n) is 5.96. The molecule has 0 atom stereocenters. The van der Waals surface area contributed by atoms with E-state index >= 15 is 0 Å². The second-order valence-electron chi connectivity index (χ2n) is 7.32. The van der Waals surface area contributed by atoms with Crippen molar-refractivity contribution in [2.45, 2.75) is 11.8 Å². The standard InChI is InChI=1S/C20H8Cl6O6/c21-9-12(24)18(30)6-2-7-4(16(28)10(22)13(25)19(7)31)1(3(6)15(9)27)5-8(2)20(32)14(26)11(23)17(5)29/h1-2,27-32H. The van der Waals surface area contributed by atoms with E-state index in [1.807, 2.05) is 0 Å². The van der Waals surface area contributed by atoms with Crippen molar-refractivity contribution in [3.63, 3.8) is 0 Å². The van der Waals surface area contributed by atoms with Crippen molar-refractivity contribution < 1.29 is 30.6 Å². The Hall–Kier alpha value is -1.80. The third kappa shape index (κ3) is 2.35. The maximum atomic E-state index is 10.9. The van der Waals surface area contributed by atoms with Crippen LogP contribution in [0.1, 0.15) is 45.2 Å². The molecule has 3 aliphatic rings. The van der Waals surface area contributed by atoms with Crippen LogP contribution in [0.4, 0.5) is 0 Å². The zero-order chi connectivity index (χ0) is 23.5. The summed E-state index contributed by atoms with van der Waals surface area (Å²) in [5.74, 6) is -5.91. The fourth-order valence-corrected chi connectivity index (χ4v) is 5.87. The van der Waals surface area contributed by atoms with E-state index in [0.717, 1.165) is 0 Å². The largest absolute Gasteiger partial charge is 0.506 e. The number of aromatic hydroxyl groups is 6. The van der Waals surface area contributed by atoms with Gasteiger partial charge in [-0.2, -0.15) is 0 Å². The highest BCUT2D eigenvalue weighted by molar-refractivity contribution is 6.45. The summed E-state index contributed by atoms with van der Waals surface area (Å²) in [5, 5.41) is 62.8. The van der Waals surface area contributed by atoms with E-state index in [0.29, 0.717) is 0 Å². The van der Waals surface area contributed by atoms with E-state index in [1.165, 1.54) is 0 Å². The van der Waals surface area contributed by atoms with Crippen LogP contribution in [0.3, 0.4) is 0 Å². The molecular weight excluding hydrogens is 549 g/mol. The number of halogens is 6. The van der Waals surface area contributed by atoms with Crippen molar-refractivity contribution >= 4 is 69.6 Å². The lowest BCUT2D eigenvalue weighted by Gasteiger charge is -2.44. The van der Waals surface area contributed by atoms with Crippen LogP contribution in [-0.4, -0.2) is 30.6 Å². The van der Waals surface area contributed by atoms with Gasteiger partial charge in [-0.1, -0.05) is 69.6 Å². The van der Waals surface area contributed by atoms with E-state index < -0.39 is 46.3 Å². The molecule has 0 fully saturated rings. The van der Waals surface area contributed by atoms with Gasteiger partial charge in [0.25, 0.3) is 0 Å². The van der Waals surface area contributed by atoms with Gasteiger partial charge < -0.3 is 30.6 Å². The molecule has 3 aliphatic carbocycles. The molecule has 0 unspecified atom stereocenters. The van der Waals surface area contributed by atoms with E-state index in [2.05, 4.69) is 0 Å². The fraction of sp³-hybridized carbons (Fsp3) is 0.100. The van der Waals surface area contributed by atoms with E-state index in [1.54, 1.807) is 0 Å². The van der Waals surface area contributed by atoms with E-state index in [4.69, 9.17) is 69.6 Å². The molecule has 0 saturated heterocycles. The second-order valence-corrected chi connectivity index (χ2v) is 9.59. The van der Waals surface area contributed by atoms with Gasteiger partial charge in [-0.3, -0.25) is 0 Å². The normalized spacial score (nSPS) is 17.8. The highest BCUT2D eigenvalue weighted by Gasteiger charge is 2.52. The number of rotatable bonds is 0. The van der Waals surface area contributed by atoms with Crippen LogP contribution in [-0.2, 0) is 0 Å². The van der Waals surface area contributed by atoms with Crippen LogP contribution in [0, 0.1) is 0 Å². The molecule has 166 valence electrons. The predicted molar refractivity (Wildman–Crippen MR) is 121 cm³/mol. The summed E-state index contributed by atoms with van der Waals surface area (Å²) in [6.45, 7) is 0. The van der Waals surface area contributed by atoms with Gasteiger partial charge in [0.1, 0.15) is 64.6 Å². The average molecular weight is 557 g/mol. The Morgan fingerprint density at radius 2 is 0.438 bits per heavy atom. The maximum absolute atomic E-state index is 10.9. The number of phenolic OH excluding ortho intramolecular Hbond substituents is 6. The first kappa shape index (κ1) is 22.0. The van der Waals surface area contributed by atoms with Crippen molar-refractivity contribution in [3.05, 3.63) is 63.5 Å². The van der Waals surface area contributed by atoms with Crippen molar-refractivity contribution in [3.8, 4) is 34.5 Å². The van der Waals surface area contributed by atoms with Crippen LogP contribution >= 0.6 is 69.6 Å². The molecule has 0 heterocycles. The van der Waals surface area contributed by atoms with Gasteiger partial charge in [-0.15, -0.1) is 0 Å². The number of phenols is 6. The zero-order valence-electron chi connectivity index (χ0n) is 15.1. The number of hydrogen-bond acceptors (Lipinski definition) is 6. The van der Waals surface area contributed by atoms with Gasteiger partial charge in [0.05, 0.1) is 0 Å². The van der Waals surface area contributed by atoms with Gasteiger partial charge >= 0.3 is 0 Å². The topological polar surface area (TPSA) is 121 Å². The minimum Gasteiger partial charge on any atom is -0.506 e. The molecule has 12 heteroatoms. The van der Waals surface area contributed by atoms with Gasteiger partial charge in [-0.05, 0) is 0 Å². The molecule has 32 heavy (non-hydrogen) atoms. The number of hydrogen-bond donors (Lipinski definition) is 6. The molecule has 0 radical (unpaired) electrons. The van der Waals surface area contributed by atoms with Crippen molar-refractivity contribution in [1.29, 1.82) is 0 Å². The minimum atomic E-state index is -1.30. The lowest BCUT2D eigenvalue weighted by molar-refractivity contribution is 0.408. The van der Waals surface area contributed by atoms with Gasteiger partial charge in [0, 0.05) is 45.2 Å². The van der Waals surface area contributed by atoms with Crippen LogP contribution in [0.15, 0.2) is 0 Å². The minimum absolute atomic E-state index is 0.0388. The Bertz CT molecular complexity index is 1140. The molecule has 0 amide bonds. The van der Waals surface area contributed by atoms with Crippen molar-refractivity contribution in [1.82, 2.24) is 0 Å². The van der Waals surface area contributed by atoms with Crippen LogP contribution in [0.2, 0.25) is 30.1 Å². The lowest BCUT2D eigenvalue weighted by atomic mass is 9.59. The maximum Gasteiger partial charge on any atom is 0.140 e. The first-order valence-corrected chi connectivity index (χ1v) is 11.0. The van der Waals surface area contributed by atoms with Crippen LogP contribution in [0.25, 0.3) is 0 Å². The van der Waals surface area contributed by atoms with E-state index in [9.17, 15) is 30.6 Å². The van der Waals surface area contributed by atoms with Crippen LogP contribution in [0.5, 0.6) is 34.5 Å². The monoisotopic (exact) mass is 554 g/mol. The highest BCUT2D eigenvalue weighted by Crippen LogP contribution is 2.70. The van der Waals surface area contributed by atoms with Gasteiger partial charge in [0.2, 0.25) is 0 Å². The Balaban J connectivity index is 2.09. The second kappa shape index (κ2) is 6.86. The summed E-state index contributed by atoms with van der Waals surface area (Å²) in [5.41, 5.74) is -0.233. The quantitative estimate of drug-likeness (QED) is 0.116. The SMILES string of the molecule is Oc1c(Cl)c(Cl)c(O)c2c1C1c3c(O)c(Cl)c(Cl)c(O)c3C2c2c(O)c(Cl)c(Cl)c(O)c21. The molecule has 0 saturated carbocycles. The first-order valence-electron chi connectivity index (χ1n) is 8.71. The average Bonchev–Trinajstić information content (AvgIpc) is 2.78. The Morgan fingerprint density at radius 3 is 0.562 bits per heavy atom. The first-order chi connectivity index (χ1) is 14.9. The van der Waals surface area contributed by atoms with Crippen molar-refractivity contribution in [2.24, 2.45) is 0 Å². The molecule has 3 aromatic rings. The van der Waals surface area contributed by atoms with Crippen molar-refractivity contribution in [2.75, 3.05) is 0 Å². The van der Waals surface area contributed by atoms with Crippen LogP contribution < -0.4 is 0 Å². The fourth-order valence-electron chi connectivity index (χ4n) is 4.72. The van der Waals surface area contributed by atoms with E-state index in [-0.39, 0.29) is 63.5 Å². The Morgan fingerprint density at radius 1 is 0.312 bits per heavy atom.